The molecule has 0 aliphatic heterocycles. The van der Waals surface area contributed by atoms with Crippen LogP contribution in [0.1, 0.15) is 58.4 Å². The predicted molar refractivity (Wildman–Crippen MR) is 107 cm³/mol. The smallest absolute Gasteiger partial charge is 0.00853 e. The van der Waals surface area contributed by atoms with E-state index in [4.69, 9.17) is 0 Å². The van der Waals surface area contributed by atoms with E-state index in [9.17, 15) is 0 Å². The largest absolute Gasteiger partial charge is 0.0795 e. The normalized spacial score (nSPS) is 13.5. The van der Waals surface area contributed by atoms with E-state index in [0.717, 1.165) is 25.7 Å². The third-order valence-electron chi connectivity index (χ3n) is 5.33. The van der Waals surface area contributed by atoms with Crippen LogP contribution in [0.5, 0.6) is 0 Å². The van der Waals surface area contributed by atoms with Gasteiger partial charge in [0.2, 0.25) is 0 Å². The van der Waals surface area contributed by atoms with Crippen molar-refractivity contribution in [2.45, 2.75) is 53.4 Å². The Bertz CT molecular complexity index is 803. The Morgan fingerprint density at radius 2 is 1.25 bits per heavy atom. The van der Waals surface area contributed by atoms with Gasteiger partial charge >= 0.3 is 0 Å². The van der Waals surface area contributed by atoms with Gasteiger partial charge in [-0.05, 0) is 84.0 Å². The van der Waals surface area contributed by atoms with Gasteiger partial charge < -0.3 is 0 Å². The fraction of sp³-hybridized carbons (Fsp3) is 0.333. The highest BCUT2D eigenvalue weighted by Crippen LogP contribution is 2.27. The molecule has 0 fully saturated rings. The van der Waals surface area contributed by atoms with E-state index >= 15 is 0 Å². The fourth-order valence-electron chi connectivity index (χ4n) is 3.83. The average Bonchev–Trinajstić information content (AvgIpc) is 3.26. The summed E-state index contributed by atoms with van der Waals surface area (Å²) in [5.74, 6) is 0. The molecule has 0 amide bonds. The van der Waals surface area contributed by atoms with Gasteiger partial charge in [-0.3, -0.25) is 0 Å². The van der Waals surface area contributed by atoms with E-state index in [0.29, 0.717) is 0 Å². The van der Waals surface area contributed by atoms with Crippen LogP contribution in [-0.2, 0) is 25.7 Å². The monoisotopic (exact) mass is 316 g/mol. The first kappa shape index (κ1) is 16.8. The Morgan fingerprint density at radius 3 is 1.96 bits per heavy atom. The molecule has 2 aromatic rings. The van der Waals surface area contributed by atoms with Crippen molar-refractivity contribution in [3.8, 4) is 0 Å². The molecule has 0 heteroatoms. The van der Waals surface area contributed by atoms with Crippen LogP contribution < -0.4 is 0 Å². The van der Waals surface area contributed by atoms with Crippen molar-refractivity contribution in [2.24, 2.45) is 0 Å². The summed E-state index contributed by atoms with van der Waals surface area (Å²) in [4.78, 5) is 0. The molecule has 0 nitrogen and oxygen atoms in total. The van der Waals surface area contributed by atoms with Gasteiger partial charge in [0.1, 0.15) is 0 Å². The summed E-state index contributed by atoms with van der Waals surface area (Å²) in [6.07, 6.45) is 13.6. The first-order valence-corrected chi connectivity index (χ1v) is 9.21. The zero-order valence-electron chi connectivity index (χ0n) is 15.4. The first-order chi connectivity index (χ1) is 11.7. The molecule has 0 radical (unpaired) electrons. The minimum absolute atomic E-state index is 1.13. The minimum Gasteiger partial charge on any atom is -0.0795 e. The van der Waals surface area contributed by atoms with Crippen molar-refractivity contribution >= 4 is 12.2 Å². The Morgan fingerprint density at radius 1 is 0.667 bits per heavy atom. The van der Waals surface area contributed by atoms with Crippen molar-refractivity contribution in [1.82, 2.24) is 0 Å². The maximum absolute atomic E-state index is 2.27. The average molecular weight is 316 g/mol. The van der Waals surface area contributed by atoms with E-state index in [1.807, 2.05) is 0 Å². The van der Waals surface area contributed by atoms with Crippen LogP contribution in [0, 0.1) is 13.8 Å². The molecule has 0 unspecified atom stereocenters. The van der Waals surface area contributed by atoms with Crippen LogP contribution in [0.2, 0.25) is 0 Å². The Balaban J connectivity index is 0.000000141. The van der Waals surface area contributed by atoms with Gasteiger partial charge in [0.15, 0.2) is 0 Å². The van der Waals surface area contributed by atoms with E-state index in [-0.39, 0.29) is 0 Å². The highest BCUT2D eigenvalue weighted by molar-refractivity contribution is 5.66. The Hall–Kier alpha value is -2.08. The molecule has 0 saturated carbocycles. The molecule has 0 N–H and O–H groups in total. The van der Waals surface area contributed by atoms with Crippen LogP contribution in [0.3, 0.4) is 0 Å². The summed E-state index contributed by atoms with van der Waals surface area (Å²) in [7, 11) is 0. The molecular formula is C24H28. The number of hydrogen-bond donors (Lipinski definition) is 0. The van der Waals surface area contributed by atoms with E-state index in [2.05, 4.69) is 76.3 Å². The molecule has 124 valence electrons. The second-order valence-corrected chi connectivity index (χ2v) is 6.79. The van der Waals surface area contributed by atoms with Gasteiger partial charge in [-0.15, -0.1) is 0 Å². The predicted octanol–water partition coefficient (Wildman–Crippen LogP) is 6.25. The molecule has 2 aliphatic rings. The zero-order chi connectivity index (χ0) is 17.1. The second-order valence-electron chi connectivity index (χ2n) is 6.79. The van der Waals surface area contributed by atoms with Gasteiger partial charge in [-0.1, -0.05) is 62.4 Å². The molecule has 0 heterocycles. The molecule has 2 aromatic carbocycles. The molecule has 24 heavy (non-hydrogen) atoms. The topological polar surface area (TPSA) is 0 Å². The number of allylic oxidation sites excluding steroid dienone is 2. The quantitative estimate of drug-likeness (QED) is 0.614. The van der Waals surface area contributed by atoms with Crippen molar-refractivity contribution in [1.29, 1.82) is 0 Å². The van der Waals surface area contributed by atoms with Crippen molar-refractivity contribution in [3.05, 3.63) is 80.9 Å². The standard InChI is InChI=1S/2C12H14/c2*1-3-10-8-7-9(2)11-5-4-6-12(10)11/h4,6-8H,3,5H2,1-2H3;4-5,7-8H,3,6H2,1-2H3. The zero-order valence-corrected chi connectivity index (χ0v) is 15.4. The van der Waals surface area contributed by atoms with Gasteiger partial charge in [-0.25, -0.2) is 0 Å². The van der Waals surface area contributed by atoms with Crippen LogP contribution in [0.4, 0.5) is 0 Å². The molecule has 0 saturated heterocycles. The summed E-state index contributed by atoms with van der Waals surface area (Å²) in [5, 5.41) is 0. The maximum Gasteiger partial charge on any atom is -0.00853 e. The number of rotatable bonds is 2. The van der Waals surface area contributed by atoms with Crippen LogP contribution in [0.15, 0.2) is 36.4 Å². The van der Waals surface area contributed by atoms with E-state index < -0.39 is 0 Å². The number of hydrogen-bond acceptors (Lipinski definition) is 0. The second kappa shape index (κ2) is 7.21. The SMILES string of the molecule is CCc1ccc(C)c2c1C=CC2.CCc1ccc(C)c2c1CC=C2. The lowest BCUT2D eigenvalue weighted by molar-refractivity contribution is 1.08. The lowest BCUT2D eigenvalue weighted by Gasteiger charge is -2.08. The summed E-state index contributed by atoms with van der Waals surface area (Å²) >= 11 is 0. The highest BCUT2D eigenvalue weighted by atomic mass is 14.2. The lowest BCUT2D eigenvalue weighted by Crippen LogP contribution is -1.93. The van der Waals surface area contributed by atoms with Crippen molar-refractivity contribution in [2.75, 3.05) is 0 Å². The number of aryl methyl sites for hydroxylation is 4. The first-order valence-electron chi connectivity index (χ1n) is 9.21. The third-order valence-corrected chi connectivity index (χ3v) is 5.33. The van der Waals surface area contributed by atoms with Gasteiger partial charge in [-0.2, -0.15) is 0 Å². The summed E-state index contributed by atoms with van der Waals surface area (Å²) < 4.78 is 0. The highest BCUT2D eigenvalue weighted by Gasteiger charge is 2.11. The number of benzene rings is 2. The fourth-order valence-corrected chi connectivity index (χ4v) is 3.83. The van der Waals surface area contributed by atoms with Crippen LogP contribution in [-0.4, -0.2) is 0 Å². The van der Waals surface area contributed by atoms with Crippen molar-refractivity contribution in [3.63, 3.8) is 0 Å². The molecule has 2 aliphatic carbocycles. The van der Waals surface area contributed by atoms with Gasteiger partial charge in [0.05, 0.1) is 0 Å². The Labute approximate surface area is 146 Å². The lowest BCUT2D eigenvalue weighted by atomic mass is 9.97. The molecule has 0 bridgehead atoms. The summed E-state index contributed by atoms with van der Waals surface area (Å²) in [6, 6.07) is 8.99. The third kappa shape index (κ3) is 3.11. The van der Waals surface area contributed by atoms with Crippen LogP contribution >= 0.6 is 0 Å². The van der Waals surface area contributed by atoms with Crippen LogP contribution in [0.25, 0.3) is 12.2 Å². The molecule has 4 rings (SSSR count). The van der Waals surface area contributed by atoms with Gasteiger partial charge in [0, 0.05) is 0 Å². The number of fused-ring (bicyclic) bond motifs is 2. The van der Waals surface area contributed by atoms with Gasteiger partial charge in [0.25, 0.3) is 0 Å². The minimum atomic E-state index is 1.13. The molecular weight excluding hydrogens is 288 g/mol. The Kier molecular flexibility index (Phi) is 5.04. The van der Waals surface area contributed by atoms with Crippen molar-refractivity contribution < 1.29 is 0 Å². The summed E-state index contributed by atoms with van der Waals surface area (Å²) in [5.41, 5.74) is 11.9. The van der Waals surface area contributed by atoms with E-state index in [1.54, 1.807) is 5.56 Å². The molecule has 0 spiro atoms. The van der Waals surface area contributed by atoms with E-state index in [1.165, 1.54) is 38.9 Å². The molecule has 0 aromatic heterocycles. The molecule has 0 atom stereocenters. The maximum atomic E-state index is 2.27. The summed E-state index contributed by atoms with van der Waals surface area (Å²) in [6.45, 7) is 8.83.